The zero-order valence-corrected chi connectivity index (χ0v) is 17.8. The maximum Gasteiger partial charge on any atom is 0.329 e. The molecule has 0 fully saturated rings. The summed E-state index contributed by atoms with van der Waals surface area (Å²) < 4.78 is 18.6. The largest absolute Gasteiger partial charge is 0.454 e. The quantitative estimate of drug-likeness (QED) is 0.623. The van der Waals surface area contributed by atoms with E-state index in [9.17, 15) is 18.8 Å². The minimum atomic E-state index is -0.951. The summed E-state index contributed by atoms with van der Waals surface area (Å²) in [4.78, 5) is 36.8. The Morgan fingerprint density at radius 2 is 1.83 bits per heavy atom. The second kappa shape index (κ2) is 10.7. The molecule has 2 aromatic carbocycles. The highest BCUT2D eigenvalue weighted by Crippen LogP contribution is 2.16. The zero-order chi connectivity index (χ0) is 22.3. The molecule has 0 saturated carbocycles. The molecule has 0 aliphatic rings. The predicted octanol–water partition coefficient (Wildman–Crippen LogP) is 3.40. The molecule has 1 atom stereocenters. The Kier molecular flexibility index (Phi) is 8.35. The van der Waals surface area contributed by atoms with Crippen molar-refractivity contribution in [3.05, 3.63) is 70.0 Å². The number of hydrogen-bond acceptors (Lipinski definition) is 4. The van der Waals surface area contributed by atoms with Gasteiger partial charge in [-0.05, 0) is 42.2 Å². The number of benzene rings is 2. The zero-order valence-electron chi connectivity index (χ0n) is 17.0. The van der Waals surface area contributed by atoms with Gasteiger partial charge in [0.25, 0.3) is 11.8 Å². The number of carbonyl (C=O) groups is 3. The van der Waals surface area contributed by atoms with Crippen LogP contribution in [0, 0.1) is 18.7 Å². The average Bonchev–Trinajstić information content (AvgIpc) is 2.71. The van der Waals surface area contributed by atoms with E-state index in [2.05, 4.69) is 10.6 Å². The van der Waals surface area contributed by atoms with Gasteiger partial charge in [0, 0.05) is 6.54 Å². The first-order chi connectivity index (χ1) is 14.2. The highest BCUT2D eigenvalue weighted by Gasteiger charge is 2.27. The maximum absolute atomic E-state index is 13.5. The van der Waals surface area contributed by atoms with E-state index >= 15 is 0 Å². The third kappa shape index (κ3) is 6.56. The number of ether oxygens (including phenoxy) is 1. The molecule has 0 unspecified atom stereocenters. The smallest absolute Gasteiger partial charge is 0.329 e. The second-order valence-corrected chi connectivity index (χ2v) is 7.55. The summed E-state index contributed by atoms with van der Waals surface area (Å²) in [5.41, 5.74) is 1.34. The Balaban J connectivity index is 1.88. The number of esters is 1. The molecule has 2 rings (SSSR count). The Bertz CT molecular complexity index is 933. The van der Waals surface area contributed by atoms with Gasteiger partial charge in [-0.15, -0.1) is 0 Å². The van der Waals surface area contributed by atoms with Gasteiger partial charge in [0.1, 0.15) is 11.9 Å². The van der Waals surface area contributed by atoms with Gasteiger partial charge in [-0.2, -0.15) is 0 Å². The van der Waals surface area contributed by atoms with Crippen molar-refractivity contribution in [2.45, 2.75) is 33.4 Å². The first-order valence-electron chi connectivity index (χ1n) is 9.42. The maximum atomic E-state index is 13.5. The number of rotatable bonds is 8. The summed E-state index contributed by atoms with van der Waals surface area (Å²) in [7, 11) is 0. The van der Waals surface area contributed by atoms with Crippen LogP contribution in [0.5, 0.6) is 0 Å². The summed E-state index contributed by atoms with van der Waals surface area (Å²) in [5.74, 6) is -2.42. The lowest BCUT2D eigenvalue weighted by molar-refractivity contribution is -0.151. The number of aryl methyl sites for hydroxylation is 1. The Morgan fingerprint density at radius 3 is 2.47 bits per heavy atom. The van der Waals surface area contributed by atoms with Crippen molar-refractivity contribution < 1.29 is 23.5 Å². The van der Waals surface area contributed by atoms with Crippen LogP contribution in [0.3, 0.4) is 0 Å². The van der Waals surface area contributed by atoms with Crippen LogP contribution in [-0.2, 0) is 20.9 Å². The molecule has 8 heteroatoms. The predicted molar refractivity (Wildman–Crippen MR) is 111 cm³/mol. The van der Waals surface area contributed by atoms with Crippen molar-refractivity contribution in [2.24, 2.45) is 5.92 Å². The Labute approximate surface area is 179 Å². The standard InChI is InChI=1S/C22H24ClFN2O4/c1-13(2)20(26-21(28)16-6-4-5-7-17(16)23)22(29)30-12-19(27)25-11-15-9-8-14(3)18(24)10-15/h4-10,13,20H,11-12H2,1-3H3,(H,25,27)(H,26,28)/t20-/m0/s1. The molecule has 0 saturated heterocycles. The van der Waals surface area contributed by atoms with E-state index in [1.165, 1.54) is 6.07 Å². The van der Waals surface area contributed by atoms with Gasteiger partial charge in [0.05, 0.1) is 10.6 Å². The third-order valence-electron chi connectivity index (χ3n) is 4.40. The van der Waals surface area contributed by atoms with Crippen LogP contribution in [0.1, 0.15) is 35.3 Å². The monoisotopic (exact) mass is 434 g/mol. The minimum Gasteiger partial charge on any atom is -0.454 e. The molecule has 0 aliphatic carbocycles. The van der Waals surface area contributed by atoms with Crippen molar-refractivity contribution in [3.63, 3.8) is 0 Å². The minimum absolute atomic E-state index is 0.102. The van der Waals surface area contributed by atoms with Crippen LogP contribution in [0.15, 0.2) is 42.5 Å². The van der Waals surface area contributed by atoms with Crippen LogP contribution in [-0.4, -0.2) is 30.4 Å². The Hall–Kier alpha value is -2.93. The highest BCUT2D eigenvalue weighted by atomic mass is 35.5. The van der Waals surface area contributed by atoms with Crippen LogP contribution in [0.2, 0.25) is 5.02 Å². The van der Waals surface area contributed by atoms with Crippen molar-refractivity contribution in [1.29, 1.82) is 0 Å². The van der Waals surface area contributed by atoms with Crippen LogP contribution >= 0.6 is 11.6 Å². The van der Waals surface area contributed by atoms with Gasteiger partial charge in [0.2, 0.25) is 0 Å². The molecule has 0 heterocycles. The molecule has 0 spiro atoms. The second-order valence-electron chi connectivity index (χ2n) is 7.14. The van der Waals surface area contributed by atoms with E-state index in [1.54, 1.807) is 57.2 Å². The summed E-state index contributed by atoms with van der Waals surface area (Å²) in [6.45, 7) is 4.71. The number of halogens is 2. The fourth-order valence-corrected chi connectivity index (χ4v) is 2.81. The normalized spacial score (nSPS) is 11.7. The summed E-state index contributed by atoms with van der Waals surface area (Å²) in [6, 6.07) is 10.2. The van der Waals surface area contributed by atoms with Gasteiger partial charge in [0.15, 0.2) is 6.61 Å². The first kappa shape index (κ1) is 23.3. The van der Waals surface area contributed by atoms with Gasteiger partial charge >= 0.3 is 5.97 Å². The molecule has 0 radical (unpaired) electrons. The lowest BCUT2D eigenvalue weighted by Gasteiger charge is -2.21. The molecule has 160 valence electrons. The fourth-order valence-electron chi connectivity index (χ4n) is 2.59. The molecule has 0 bridgehead atoms. The number of nitrogens with one attached hydrogen (secondary N) is 2. The first-order valence-corrected chi connectivity index (χ1v) is 9.80. The number of amides is 2. The molecule has 30 heavy (non-hydrogen) atoms. The lowest BCUT2D eigenvalue weighted by Crippen LogP contribution is -2.46. The summed E-state index contributed by atoms with van der Waals surface area (Å²) in [6.07, 6.45) is 0. The van der Waals surface area contributed by atoms with Crippen molar-refractivity contribution in [3.8, 4) is 0 Å². The molecule has 0 aliphatic heterocycles. The van der Waals surface area contributed by atoms with E-state index in [1.807, 2.05) is 0 Å². The SMILES string of the molecule is Cc1ccc(CNC(=O)COC(=O)[C@@H](NC(=O)c2ccccc2Cl)C(C)C)cc1F. The molecular weight excluding hydrogens is 411 g/mol. The van der Waals surface area contributed by atoms with E-state index in [4.69, 9.17) is 16.3 Å². The molecule has 6 nitrogen and oxygen atoms in total. The molecule has 2 amide bonds. The summed E-state index contributed by atoms with van der Waals surface area (Å²) >= 11 is 6.01. The lowest BCUT2D eigenvalue weighted by atomic mass is 10.0. The topological polar surface area (TPSA) is 84.5 Å². The van der Waals surface area contributed by atoms with Gasteiger partial charge < -0.3 is 15.4 Å². The average molecular weight is 435 g/mol. The van der Waals surface area contributed by atoms with Crippen molar-refractivity contribution >= 4 is 29.4 Å². The van der Waals surface area contributed by atoms with E-state index in [0.29, 0.717) is 11.1 Å². The summed E-state index contributed by atoms with van der Waals surface area (Å²) in [5, 5.41) is 5.41. The van der Waals surface area contributed by atoms with Crippen molar-refractivity contribution in [1.82, 2.24) is 10.6 Å². The van der Waals surface area contributed by atoms with Gasteiger partial charge in [-0.1, -0.05) is 49.7 Å². The van der Waals surface area contributed by atoms with Crippen molar-refractivity contribution in [2.75, 3.05) is 6.61 Å². The van der Waals surface area contributed by atoms with Crippen LogP contribution in [0.25, 0.3) is 0 Å². The number of carbonyl (C=O) groups excluding carboxylic acids is 3. The fraction of sp³-hybridized carbons (Fsp3) is 0.318. The molecular formula is C22H24ClFN2O4. The number of hydrogen-bond donors (Lipinski definition) is 2. The van der Waals surface area contributed by atoms with Gasteiger partial charge in [-0.25, -0.2) is 9.18 Å². The van der Waals surface area contributed by atoms with E-state index < -0.39 is 30.4 Å². The Morgan fingerprint density at radius 1 is 1.13 bits per heavy atom. The van der Waals surface area contributed by atoms with Gasteiger partial charge in [-0.3, -0.25) is 9.59 Å². The molecule has 0 aromatic heterocycles. The van der Waals surface area contributed by atoms with E-state index in [-0.39, 0.29) is 28.9 Å². The van der Waals surface area contributed by atoms with Crippen LogP contribution < -0.4 is 10.6 Å². The van der Waals surface area contributed by atoms with E-state index in [0.717, 1.165) is 0 Å². The third-order valence-corrected chi connectivity index (χ3v) is 4.73. The molecule has 2 aromatic rings. The highest BCUT2D eigenvalue weighted by molar-refractivity contribution is 6.33. The van der Waals surface area contributed by atoms with Crippen LogP contribution in [0.4, 0.5) is 4.39 Å². The molecule has 2 N–H and O–H groups in total.